The molecule has 2 aromatic heterocycles. The van der Waals surface area contributed by atoms with Crippen LogP contribution in [0.25, 0.3) is 0 Å². The van der Waals surface area contributed by atoms with Crippen molar-refractivity contribution in [2.24, 2.45) is 5.84 Å². The average molecular weight is 233 g/mol. The van der Waals surface area contributed by atoms with Gasteiger partial charge in [-0.1, -0.05) is 5.16 Å². The predicted octanol–water partition coefficient (Wildman–Crippen LogP) is 0.916. The van der Waals surface area contributed by atoms with E-state index in [1.807, 2.05) is 0 Å². The number of nitrogens with zero attached hydrogens (tertiary/aromatic N) is 2. The van der Waals surface area contributed by atoms with Gasteiger partial charge in [0.05, 0.1) is 5.69 Å². The predicted molar refractivity (Wildman–Crippen MR) is 61.2 cm³/mol. The van der Waals surface area contributed by atoms with Crippen molar-refractivity contribution in [3.8, 4) is 0 Å². The third kappa shape index (κ3) is 2.58. The van der Waals surface area contributed by atoms with Crippen molar-refractivity contribution in [2.45, 2.75) is 6.92 Å². The molecule has 0 fully saturated rings. The minimum Gasteiger partial charge on any atom is -0.338 e. The van der Waals surface area contributed by atoms with Gasteiger partial charge in [0.15, 0.2) is 0 Å². The largest absolute Gasteiger partial charge is 0.338 e. The van der Waals surface area contributed by atoms with Gasteiger partial charge < -0.3 is 9.95 Å². The first-order valence-corrected chi connectivity index (χ1v) is 4.86. The van der Waals surface area contributed by atoms with Gasteiger partial charge in [-0.25, -0.2) is 10.8 Å². The van der Waals surface area contributed by atoms with E-state index in [9.17, 15) is 4.79 Å². The Bertz CT molecular complexity index is 537. The van der Waals surface area contributed by atoms with Crippen molar-refractivity contribution in [1.82, 2.24) is 10.1 Å². The summed E-state index contributed by atoms with van der Waals surface area (Å²) in [4.78, 5) is 15.7. The quantitative estimate of drug-likeness (QED) is 0.537. The van der Waals surface area contributed by atoms with E-state index < -0.39 is 0 Å². The molecular weight excluding hydrogens is 222 g/mol. The number of carbonyl (C=O) groups excluding carboxylic acids is 1. The zero-order chi connectivity index (χ0) is 12.3. The van der Waals surface area contributed by atoms with Crippen LogP contribution in [0.1, 0.15) is 16.1 Å². The molecule has 0 spiro atoms. The molecule has 0 saturated heterocycles. The minimum absolute atomic E-state index is 0.298. The average Bonchev–Trinajstić information content (AvgIpc) is 2.75. The highest BCUT2D eigenvalue weighted by Gasteiger charge is 2.09. The highest BCUT2D eigenvalue weighted by atomic mass is 16.5. The molecule has 17 heavy (non-hydrogen) atoms. The summed E-state index contributed by atoms with van der Waals surface area (Å²) in [6.07, 6.45) is 1.48. The summed E-state index contributed by atoms with van der Waals surface area (Å²) in [5.41, 5.74) is 3.48. The lowest BCUT2D eigenvalue weighted by molar-refractivity contribution is 0.102. The number of anilines is 2. The molecule has 7 nitrogen and oxygen atoms in total. The molecule has 0 aliphatic carbocycles. The molecule has 1 amide bonds. The Kier molecular flexibility index (Phi) is 3.01. The molecule has 2 rings (SSSR count). The molecule has 2 aromatic rings. The monoisotopic (exact) mass is 233 g/mol. The summed E-state index contributed by atoms with van der Waals surface area (Å²) in [6, 6.07) is 4.72. The molecule has 0 aliphatic rings. The Labute approximate surface area is 97.0 Å². The Hall–Kier alpha value is -2.41. The number of nitrogen functional groups attached to an aromatic ring is 1. The van der Waals surface area contributed by atoms with Gasteiger partial charge in [-0.2, -0.15) is 0 Å². The van der Waals surface area contributed by atoms with Crippen LogP contribution in [0.15, 0.2) is 28.9 Å². The fourth-order valence-corrected chi connectivity index (χ4v) is 1.26. The Morgan fingerprint density at radius 3 is 2.94 bits per heavy atom. The Morgan fingerprint density at radius 2 is 2.29 bits per heavy atom. The second-order valence-corrected chi connectivity index (χ2v) is 3.36. The molecule has 0 aromatic carbocycles. The van der Waals surface area contributed by atoms with E-state index in [0.717, 1.165) is 0 Å². The molecule has 0 saturated carbocycles. The van der Waals surface area contributed by atoms with Crippen molar-refractivity contribution in [2.75, 3.05) is 10.7 Å². The van der Waals surface area contributed by atoms with Gasteiger partial charge in [-0.05, 0) is 19.1 Å². The van der Waals surface area contributed by atoms with Crippen molar-refractivity contribution in [3.63, 3.8) is 0 Å². The van der Waals surface area contributed by atoms with E-state index in [4.69, 9.17) is 10.4 Å². The summed E-state index contributed by atoms with van der Waals surface area (Å²) in [5.74, 6) is 5.59. The third-order valence-corrected chi connectivity index (χ3v) is 2.03. The first-order valence-electron chi connectivity index (χ1n) is 4.86. The molecule has 88 valence electrons. The van der Waals surface area contributed by atoms with E-state index in [-0.39, 0.29) is 5.91 Å². The van der Waals surface area contributed by atoms with E-state index in [2.05, 4.69) is 20.9 Å². The first kappa shape index (κ1) is 11.1. The van der Waals surface area contributed by atoms with Gasteiger partial charge in [0.25, 0.3) is 5.91 Å². The maximum Gasteiger partial charge on any atom is 0.258 e. The van der Waals surface area contributed by atoms with Gasteiger partial charge in [0, 0.05) is 17.8 Å². The third-order valence-electron chi connectivity index (χ3n) is 2.03. The SMILES string of the molecule is Cc1cc(NC(=O)c2ccnc(NN)c2)on1. The summed E-state index contributed by atoms with van der Waals surface area (Å²) in [5, 5.41) is 6.23. The van der Waals surface area contributed by atoms with E-state index in [0.29, 0.717) is 23.0 Å². The molecule has 0 unspecified atom stereocenters. The summed E-state index contributed by atoms with van der Waals surface area (Å²) < 4.78 is 4.88. The van der Waals surface area contributed by atoms with Crippen molar-refractivity contribution in [1.29, 1.82) is 0 Å². The molecule has 7 heteroatoms. The number of nitrogens with one attached hydrogen (secondary N) is 2. The first-order chi connectivity index (χ1) is 8.19. The number of rotatable bonds is 3. The highest BCUT2D eigenvalue weighted by Crippen LogP contribution is 2.11. The number of hydrazine groups is 1. The number of nitrogens with two attached hydrogens (primary N) is 1. The van der Waals surface area contributed by atoms with Gasteiger partial charge in [0.1, 0.15) is 5.82 Å². The lowest BCUT2D eigenvalue weighted by Gasteiger charge is -2.03. The smallest absolute Gasteiger partial charge is 0.258 e. The molecule has 0 atom stereocenters. The van der Waals surface area contributed by atoms with Crippen LogP contribution in [0.2, 0.25) is 0 Å². The van der Waals surface area contributed by atoms with Crippen LogP contribution in [0, 0.1) is 6.92 Å². The fraction of sp³-hybridized carbons (Fsp3) is 0.100. The molecule has 0 bridgehead atoms. The number of hydrogen-bond acceptors (Lipinski definition) is 6. The van der Waals surface area contributed by atoms with E-state index in [1.54, 1.807) is 19.1 Å². The lowest BCUT2D eigenvalue weighted by atomic mass is 10.2. The second-order valence-electron chi connectivity index (χ2n) is 3.36. The van der Waals surface area contributed by atoms with Crippen LogP contribution in [0.5, 0.6) is 0 Å². The summed E-state index contributed by atoms with van der Waals surface area (Å²) in [7, 11) is 0. The van der Waals surface area contributed by atoms with Crippen LogP contribution in [-0.4, -0.2) is 16.0 Å². The van der Waals surface area contributed by atoms with Gasteiger partial charge >= 0.3 is 0 Å². The van der Waals surface area contributed by atoms with Crippen molar-refractivity contribution >= 4 is 17.6 Å². The highest BCUT2D eigenvalue weighted by molar-refractivity contribution is 6.03. The summed E-state index contributed by atoms with van der Waals surface area (Å²) >= 11 is 0. The maximum absolute atomic E-state index is 11.8. The zero-order valence-electron chi connectivity index (χ0n) is 9.10. The van der Waals surface area contributed by atoms with E-state index in [1.165, 1.54) is 12.3 Å². The molecule has 4 N–H and O–H groups in total. The van der Waals surface area contributed by atoms with Crippen LogP contribution in [-0.2, 0) is 0 Å². The van der Waals surface area contributed by atoms with Crippen molar-refractivity contribution in [3.05, 3.63) is 35.7 Å². The number of carbonyl (C=O) groups is 1. The second kappa shape index (κ2) is 4.62. The number of amides is 1. The molecule has 0 radical (unpaired) electrons. The molecule has 2 heterocycles. The summed E-state index contributed by atoms with van der Waals surface area (Å²) in [6.45, 7) is 1.77. The zero-order valence-corrected chi connectivity index (χ0v) is 9.10. The van der Waals surface area contributed by atoms with Gasteiger partial charge in [-0.3, -0.25) is 10.1 Å². The lowest BCUT2D eigenvalue weighted by Crippen LogP contribution is -2.14. The molecule has 0 aliphatic heterocycles. The van der Waals surface area contributed by atoms with Gasteiger partial charge in [0.2, 0.25) is 5.88 Å². The number of hydrogen-bond donors (Lipinski definition) is 3. The number of aryl methyl sites for hydroxylation is 1. The maximum atomic E-state index is 11.8. The topological polar surface area (TPSA) is 106 Å². The normalized spacial score (nSPS) is 10.0. The number of pyridine rings is 1. The van der Waals surface area contributed by atoms with Crippen LogP contribution < -0.4 is 16.6 Å². The van der Waals surface area contributed by atoms with Crippen LogP contribution in [0.3, 0.4) is 0 Å². The van der Waals surface area contributed by atoms with Crippen LogP contribution in [0.4, 0.5) is 11.7 Å². The Morgan fingerprint density at radius 1 is 1.47 bits per heavy atom. The Balaban J connectivity index is 2.14. The fourth-order valence-electron chi connectivity index (χ4n) is 1.26. The minimum atomic E-state index is -0.319. The van der Waals surface area contributed by atoms with Gasteiger partial charge in [-0.15, -0.1) is 0 Å². The number of aromatic nitrogens is 2. The van der Waals surface area contributed by atoms with E-state index >= 15 is 0 Å². The standard InChI is InChI=1S/C10H11N5O2/c1-6-4-9(17-15-6)13-10(16)7-2-3-12-8(5-7)14-11/h2-5H,11H2,1H3,(H,12,14)(H,13,16). The van der Waals surface area contributed by atoms with Crippen molar-refractivity contribution < 1.29 is 9.32 Å². The molecular formula is C10H11N5O2. The van der Waals surface area contributed by atoms with Crippen LogP contribution >= 0.6 is 0 Å².